The minimum atomic E-state index is -1.40. The molecule has 74 valence electrons. The second kappa shape index (κ2) is 3.82. The number of aromatic nitrogens is 1. The lowest BCUT2D eigenvalue weighted by atomic mass is 10.1. The van der Waals surface area contributed by atoms with E-state index in [0.717, 1.165) is 12.3 Å². The third kappa shape index (κ3) is 1.85. The highest BCUT2D eigenvalue weighted by molar-refractivity contribution is 5.94. The lowest BCUT2D eigenvalue weighted by molar-refractivity contribution is 0.0694. The van der Waals surface area contributed by atoms with Gasteiger partial charge < -0.3 is 10.2 Å². The van der Waals surface area contributed by atoms with Crippen LogP contribution in [0.4, 0.5) is 4.39 Å². The molecule has 0 fully saturated rings. The SMILES string of the molecule is O=C(O)c1cnc(CF)c(C(=O)O)c1. The first kappa shape index (κ1) is 10.1. The number of nitrogens with zero attached hydrogens (tertiary/aromatic N) is 1. The molecule has 0 aromatic carbocycles. The van der Waals surface area contributed by atoms with Crippen molar-refractivity contribution in [2.75, 3.05) is 0 Å². The Hall–Kier alpha value is -1.98. The van der Waals surface area contributed by atoms with Crippen molar-refractivity contribution in [3.05, 3.63) is 29.1 Å². The van der Waals surface area contributed by atoms with Crippen LogP contribution in [0.15, 0.2) is 12.3 Å². The number of pyridine rings is 1. The number of carboxylic acids is 2. The van der Waals surface area contributed by atoms with Gasteiger partial charge in [0.1, 0.15) is 6.67 Å². The van der Waals surface area contributed by atoms with Crippen LogP contribution in [-0.2, 0) is 6.67 Å². The maximum absolute atomic E-state index is 12.2. The number of halogens is 1. The summed E-state index contributed by atoms with van der Waals surface area (Å²) in [7, 11) is 0. The fourth-order valence-corrected chi connectivity index (χ4v) is 0.902. The van der Waals surface area contributed by atoms with Gasteiger partial charge in [0.05, 0.1) is 16.8 Å². The van der Waals surface area contributed by atoms with Crippen LogP contribution in [0.25, 0.3) is 0 Å². The molecule has 1 aromatic heterocycles. The average molecular weight is 199 g/mol. The molecule has 0 aliphatic carbocycles. The van der Waals surface area contributed by atoms with Gasteiger partial charge in [0, 0.05) is 6.20 Å². The van der Waals surface area contributed by atoms with Gasteiger partial charge in [0.25, 0.3) is 0 Å². The summed E-state index contributed by atoms with van der Waals surface area (Å²) in [6.07, 6.45) is 0.920. The molecule has 14 heavy (non-hydrogen) atoms. The van der Waals surface area contributed by atoms with Crippen LogP contribution in [0.2, 0.25) is 0 Å². The number of hydrogen-bond donors (Lipinski definition) is 2. The van der Waals surface area contributed by atoms with Crippen LogP contribution < -0.4 is 0 Å². The van der Waals surface area contributed by atoms with Gasteiger partial charge in [-0.2, -0.15) is 0 Å². The van der Waals surface area contributed by atoms with E-state index in [0.29, 0.717) is 0 Å². The average Bonchev–Trinajstić information content (AvgIpc) is 2.16. The van der Waals surface area contributed by atoms with Crippen molar-refractivity contribution < 1.29 is 24.2 Å². The van der Waals surface area contributed by atoms with Crippen LogP contribution in [0.1, 0.15) is 26.4 Å². The van der Waals surface area contributed by atoms with Crippen LogP contribution in [0.3, 0.4) is 0 Å². The molecule has 1 rings (SSSR count). The summed E-state index contributed by atoms with van der Waals surface area (Å²) in [5.41, 5.74) is -0.977. The smallest absolute Gasteiger partial charge is 0.337 e. The summed E-state index contributed by atoms with van der Waals surface area (Å²) in [6, 6.07) is 0.882. The Morgan fingerprint density at radius 2 is 2.00 bits per heavy atom. The molecule has 1 aromatic rings. The summed E-state index contributed by atoms with van der Waals surface area (Å²) < 4.78 is 12.2. The normalized spacial score (nSPS) is 9.79. The summed E-state index contributed by atoms with van der Waals surface area (Å²) in [4.78, 5) is 24.4. The van der Waals surface area contributed by atoms with Gasteiger partial charge in [-0.3, -0.25) is 4.98 Å². The molecule has 1 heterocycles. The van der Waals surface area contributed by atoms with Crippen molar-refractivity contribution in [2.45, 2.75) is 6.67 Å². The summed E-state index contributed by atoms with van der Waals surface area (Å²) in [5.74, 6) is -2.70. The van der Waals surface area contributed by atoms with Crippen LogP contribution >= 0.6 is 0 Å². The zero-order valence-corrected chi connectivity index (χ0v) is 6.90. The summed E-state index contributed by atoms with van der Waals surface area (Å²) >= 11 is 0. The molecule has 0 aliphatic rings. The van der Waals surface area contributed by atoms with Crippen LogP contribution in [0.5, 0.6) is 0 Å². The summed E-state index contributed by atoms with van der Waals surface area (Å²) in [5, 5.41) is 17.1. The Morgan fingerprint density at radius 1 is 1.36 bits per heavy atom. The van der Waals surface area contributed by atoms with E-state index < -0.39 is 24.2 Å². The van der Waals surface area contributed by atoms with E-state index in [1.54, 1.807) is 0 Å². The molecule has 0 radical (unpaired) electrons. The third-order valence-electron chi connectivity index (χ3n) is 1.57. The predicted molar refractivity (Wildman–Crippen MR) is 43.0 cm³/mol. The van der Waals surface area contributed by atoms with E-state index in [9.17, 15) is 14.0 Å². The zero-order valence-electron chi connectivity index (χ0n) is 6.90. The van der Waals surface area contributed by atoms with E-state index in [1.165, 1.54) is 0 Å². The molecule has 0 unspecified atom stereocenters. The largest absolute Gasteiger partial charge is 0.478 e. The molecule has 2 N–H and O–H groups in total. The highest BCUT2D eigenvalue weighted by Gasteiger charge is 2.14. The molecule has 0 amide bonds. The Labute approximate surface area is 77.8 Å². The monoisotopic (exact) mass is 199 g/mol. The Morgan fingerprint density at radius 3 is 2.43 bits per heavy atom. The zero-order chi connectivity index (χ0) is 10.7. The van der Waals surface area contributed by atoms with Gasteiger partial charge in [-0.1, -0.05) is 0 Å². The van der Waals surface area contributed by atoms with E-state index in [-0.39, 0.29) is 11.3 Å². The second-order valence-corrected chi connectivity index (χ2v) is 2.46. The predicted octanol–water partition coefficient (Wildman–Crippen LogP) is 0.948. The third-order valence-corrected chi connectivity index (χ3v) is 1.57. The standard InChI is InChI=1S/C8H6FNO4/c9-2-6-5(8(13)14)1-4(3-10-6)7(11)12/h1,3H,2H2,(H,11,12)(H,13,14). The van der Waals surface area contributed by atoms with E-state index in [4.69, 9.17) is 10.2 Å². The lowest BCUT2D eigenvalue weighted by Gasteiger charge is -2.01. The van der Waals surface area contributed by atoms with E-state index >= 15 is 0 Å². The quantitative estimate of drug-likeness (QED) is 0.756. The molecule has 6 heteroatoms. The first-order chi connectivity index (χ1) is 6.56. The molecule has 0 saturated carbocycles. The van der Waals surface area contributed by atoms with Gasteiger partial charge >= 0.3 is 11.9 Å². The second-order valence-electron chi connectivity index (χ2n) is 2.46. The molecule has 0 aliphatic heterocycles. The number of alkyl halides is 1. The van der Waals surface area contributed by atoms with Gasteiger partial charge in [0.15, 0.2) is 0 Å². The van der Waals surface area contributed by atoms with Gasteiger partial charge in [-0.05, 0) is 6.07 Å². The number of carboxylic acid groups (broad SMARTS) is 2. The minimum Gasteiger partial charge on any atom is -0.478 e. The number of rotatable bonds is 3. The van der Waals surface area contributed by atoms with Gasteiger partial charge in [0.2, 0.25) is 0 Å². The van der Waals surface area contributed by atoms with Crippen molar-refractivity contribution >= 4 is 11.9 Å². The fourth-order valence-electron chi connectivity index (χ4n) is 0.902. The highest BCUT2D eigenvalue weighted by Crippen LogP contribution is 2.10. The summed E-state index contributed by atoms with van der Waals surface area (Å²) in [6.45, 7) is -1.04. The van der Waals surface area contributed by atoms with Crippen molar-refractivity contribution in [1.82, 2.24) is 4.98 Å². The minimum absolute atomic E-state index is 0.275. The maximum Gasteiger partial charge on any atom is 0.337 e. The van der Waals surface area contributed by atoms with Gasteiger partial charge in [-0.15, -0.1) is 0 Å². The maximum atomic E-state index is 12.2. The molecule has 0 atom stereocenters. The van der Waals surface area contributed by atoms with E-state index in [2.05, 4.69) is 4.98 Å². The van der Waals surface area contributed by atoms with E-state index in [1.807, 2.05) is 0 Å². The number of hydrogen-bond acceptors (Lipinski definition) is 3. The molecular weight excluding hydrogens is 193 g/mol. The molecule has 5 nitrogen and oxygen atoms in total. The Kier molecular flexibility index (Phi) is 2.76. The first-order valence-corrected chi connectivity index (χ1v) is 3.57. The van der Waals surface area contributed by atoms with Gasteiger partial charge in [-0.25, -0.2) is 14.0 Å². The lowest BCUT2D eigenvalue weighted by Crippen LogP contribution is -2.07. The molecular formula is C8H6FNO4. The van der Waals surface area contributed by atoms with Crippen molar-refractivity contribution in [1.29, 1.82) is 0 Å². The number of aromatic carboxylic acids is 2. The highest BCUT2D eigenvalue weighted by atomic mass is 19.1. The van der Waals surface area contributed by atoms with Crippen molar-refractivity contribution in [3.8, 4) is 0 Å². The van der Waals surface area contributed by atoms with Crippen LogP contribution in [0, 0.1) is 0 Å². The van der Waals surface area contributed by atoms with Crippen molar-refractivity contribution in [2.24, 2.45) is 0 Å². The molecule has 0 saturated heterocycles. The van der Waals surface area contributed by atoms with Crippen molar-refractivity contribution in [3.63, 3.8) is 0 Å². The first-order valence-electron chi connectivity index (χ1n) is 3.57. The van der Waals surface area contributed by atoms with Crippen LogP contribution in [-0.4, -0.2) is 27.1 Å². The molecule has 0 bridgehead atoms. The Bertz CT molecular complexity index is 391. The topological polar surface area (TPSA) is 87.5 Å². The fraction of sp³-hybridized carbons (Fsp3) is 0.125. The number of carbonyl (C=O) groups is 2. The molecule has 0 spiro atoms. The Balaban J connectivity index is 3.27.